The molecule has 2 aliphatic heterocycles. The van der Waals surface area contributed by atoms with Gasteiger partial charge in [-0.3, -0.25) is 29.0 Å². The second kappa shape index (κ2) is 19.5. The van der Waals surface area contributed by atoms with Crippen molar-refractivity contribution < 1.29 is 19.2 Å². The summed E-state index contributed by atoms with van der Waals surface area (Å²) in [6.07, 6.45) is 12.0. The minimum atomic E-state index is -0.501. The van der Waals surface area contributed by atoms with E-state index in [-0.39, 0.29) is 35.3 Å². The van der Waals surface area contributed by atoms with Crippen LogP contribution in [0, 0.1) is 22.7 Å². The van der Waals surface area contributed by atoms with Crippen LogP contribution in [0.2, 0.25) is 0 Å². The average Bonchev–Trinajstić information content (AvgIpc) is 3.38. The van der Waals surface area contributed by atoms with E-state index in [4.69, 9.17) is 0 Å². The number of hydrogen-bond donors (Lipinski definition) is 0. The Morgan fingerprint density at radius 2 is 0.654 bits per heavy atom. The molecule has 11 aromatic rings. The van der Waals surface area contributed by atoms with Gasteiger partial charge in [-0.05, 0) is 144 Å². The van der Waals surface area contributed by atoms with Crippen LogP contribution >= 0.6 is 0 Å². The number of unbranched alkanes of at least 4 members (excludes halogenated alkanes) is 6. The van der Waals surface area contributed by atoms with E-state index < -0.39 is 23.6 Å². The third-order valence-corrected chi connectivity index (χ3v) is 17.3. The van der Waals surface area contributed by atoms with E-state index in [1.807, 2.05) is 24.3 Å². The quantitative estimate of drug-likeness (QED) is 0.0411. The minimum Gasteiger partial charge on any atom is -0.274 e. The topological polar surface area (TPSA) is 122 Å². The molecule has 13 rings (SSSR count). The standard InChI is InChI=1S/C70H56N4O4/c1-3-5-7-9-19-43-45-21-11-15-25-49(45)53(50-26-16-12-22-46(43)50)33-35-73-67(75)57-31-29-55-61-41(39-71)37-59-65-60(38-42(40-72)62(66(61)65)56-30-32-58(68(73)76)64(57)63(55)56)70(78)74(69(59)77)36-34-54-51-27-17-13-23-47(51)44(20-10-8-6-4-2)48-24-14-18-28-52(48)54/h11-18,21-32,37-38H,3-10,19-20,33-36H2,1-2H3. The fourth-order valence-corrected chi connectivity index (χ4v) is 13.7. The molecule has 2 heterocycles. The van der Waals surface area contributed by atoms with Crippen molar-refractivity contribution in [2.75, 3.05) is 13.1 Å². The van der Waals surface area contributed by atoms with Crippen molar-refractivity contribution in [2.24, 2.45) is 0 Å². The molecule has 0 unspecified atom stereocenters. The normalized spacial score (nSPS) is 13.5. The minimum absolute atomic E-state index is 0.0845. The molecule has 0 spiro atoms. The molecule has 2 aliphatic rings. The lowest BCUT2D eigenvalue weighted by atomic mass is 9.79. The second-order valence-corrected chi connectivity index (χ2v) is 21.5. The van der Waals surface area contributed by atoms with Gasteiger partial charge in [0, 0.05) is 51.1 Å². The highest BCUT2D eigenvalue weighted by Crippen LogP contribution is 2.49. The largest absolute Gasteiger partial charge is 0.274 e. The van der Waals surface area contributed by atoms with Gasteiger partial charge in [0.2, 0.25) is 0 Å². The highest BCUT2D eigenvalue weighted by Gasteiger charge is 2.39. The van der Waals surface area contributed by atoms with E-state index in [0.29, 0.717) is 67.1 Å². The number of rotatable bonds is 16. The maximum Gasteiger partial charge on any atom is 0.261 e. The predicted molar refractivity (Wildman–Crippen MR) is 314 cm³/mol. The first kappa shape index (κ1) is 48.6. The lowest BCUT2D eigenvalue weighted by Crippen LogP contribution is -2.42. The zero-order valence-corrected chi connectivity index (χ0v) is 44.0. The Kier molecular flexibility index (Phi) is 12.2. The molecule has 0 bridgehead atoms. The number of amides is 4. The monoisotopic (exact) mass is 1020 g/mol. The Balaban J connectivity index is 0.883. The summed E-state index contributed by atoms with van der Waals surface area (Å²) in [5, 5.41) is 35.4. The Hall–Kier alpha value is -8.98. The van der Waals surface area contributed by atoms with E-state index in [1.54, 1.807) is 24.3 Å². The van der Waals surface area contributed by atoms with E-state index in [9.17, 15) is 20.1 Å². The number of aryl methyl sites for hydroxylation is 2. The van der Waals surface area contributed by atoms with Gasteiger partial charge in [0.1, 0.15) is 0 Å². The Bertz CT molecular complexity index is 4250. The van der Waals surface area contributed by atoms with Crippen LogP contribution in [0.3, 0.4) is 0 Å². The first-order valence-corrected chi connectivity index (χ1v) is 27.9. The molecular weight excluding hydrogens is 961 g/mol. The summed E-state index contributed by atoms with van der Waals surface area (Å²) in [4.78, 5) is 62.5. The van der Waals surface area contributed by atoms with Crippen LogP contribution in [0.4, 0.5) is 0 Å². The molecule has 0 aliphatic carbocycles. The molecule has 8 heteroatoms. The van der Waals surface area contributed by atoms with Gasteiger partial charge < -0.3 is 0 Å². The van der Waals surface area contributed by atoms with Gasteiger partial charge in [0.15, 0.2) is 0 Å². The van der Waals surface area contributed by atoms with Crippen molar-refractivity contribution in [3.63, 3.8) is 0 Å². The smallest absolute Gasteiger partial charge is 0.261 e. The second-order valence-electron chi connectivity index (χ2n) is 21.5. The number of benzene rings is 11. The summed E-state index contributed by atoms with van der Waals surface area (Å²) in [6.45, 7) is 4.69. The number of nitrogens with zero attached hydrogens (tertiary/aromatic N) is 4. The van der Waals surface area contributed by atoms with Crippen molar-refractivity contribution in [3.8, 4) is 12.1 Å². The molecule has 380 valence electrons. The highest BCUT2D eigenvalue weighted by atomic mass is 16.2. The summed E-state index contributed by atoms with van der Waals surface area (Å²) in [5.74, 6) is -1.83. The molecule has 0 atom stereocenters. The first-order chi connectivity index (χ1) is 38.3. The molecule has 0 fully saturated rings. The molecule has 8 nitrogen and oxygen atoms in total. The highest BCUT2D eigenvalue weighted by molar-refractivity contribution is 6.42. The summed E-state index contributed by atoms with van der Waals surface area (Å²) < 4.78 is 0. The average molecular weight is 1020 g/mol. The van der Waals surface area contributed by atoms with E-state index in [2.05, 4.69) is 111 Å². The maximum atomic E-state index is 15.0. The number of nitriles is 2. The van der Waals surface area contributed by atoms with Crippen molar-refractivity contribution in [1.29, 1.82) is 10.5 Å². The van der Waals surface area contributed by atoms with E-state index in [1.165, 1.54) is 68.2 Å². The van der Waals surface area contributed by atoms with Crippen molar-refractivity contribution in [2.45, 2.75) is 90.9 Å². The first-order valence-electron chi connectivity index (χ1n) is 27.9. The predicted octanol–water partition coefficient (Wildman–Crippen LogP) is 16.0. The molecule has 0 saturated carbocycles. The number of imide groups is 2. The zero-order valence-electron chi connectivity index (χ0n) is 44.0. The summed E-state index contributed by atoms with van der Waals surface area (Å²) >= 11 is 0. The van der Waals surface area contributed by atoms with E-state index >= 15 is 9.59 Å². The molecule has 78 heavy (non-hydrogen) atoms. The van der Waals surface area contributed by atoms with Crippen LogP contribution in [0.15, 0.2) is 133 Å². The molecular formula is C70H56N4O4. The third kappa shape index (κ3) is 7.37. The van der Waals surface area contributed by atoms with Crippen LogP contribution in [-0.2, 0) is 25.7 Å². The molecule has 0 aromatic heterocycles. The molecule has 0 saturated heterocycles. The van der Waals surface area contributed by atoms with Gasteiger partial charge in [-0.1, -0.05) is 162 Å². The van der Waals surface area contributed by atoms with Crippen molar-refractivity contribution in [1.82, 2.24) is 9.80 Å². The summed E-state index contributed by atoms with van der Waals surface area (Å²) in [6, 6.07) is 48.9. The van der Waals surface area contributed by atoms with Gasteiger partial charge in [0.25, 0.3) is 23.6 Å². The summed E-state index contributed by atoms with van der Waals surface area (Å²) in [5.41, 5.74) is 6.36. The number of carbonyl (C=O) groups excluding carboxylic acids is 4. The van der Waals surface area contributed by atoms with Crippen LogP contribution in [0.25, 0.3) is 86.2 Å². The van der Waals surface area contributed by atoms with Crippen LogP contribution < -0.4 is 0 Å². The lowest BCUT2D eigenvalue weighted by molar-refractivity contribution is 0.0597. The van der Waals surface area contributed by atoms with Crippen LogP contribution in [0.1, 0.15) is 140 Å². The van der Waals surface area contributed by atoms with Gasteiger partial charge in [-0.25, -0.2) is 0 Å². The molecule has 11 aromatic carbocycles. The molecule has 0 radical (unpaired) electrons. The van der Waals surface area contributed by atoms with Gasteiger partial charge >= 0.3 is 0 Å². The Morgan fingerprint density at radius 3 is 0.987 bits per heavy atom. The fourth-order valence-electron chi connectivity index (χ4n) is 13.7. The van der Waals surface area contributed by atoms with Crippen molar-refractivity contribution in [3.05, 3.63) is 189 Å². The fraction of sp³-hybridized carbons (Fsp3) is 0.229. The number of hydrogen-bond acceptors (Lipinski definition) is 6. The third-order valence-electron chi connectivity index (χ3n) is 17.3. The van der Waals surface area contributed by atoms with Crippen LogP contribution in [-0.4, -0.2) is 46.5 Å². The SMILES string of the molecule is CCCCCCc1c2ccccc2c(CCN2C(=O)c3ccc4c5c(C#N)cc6c7c(cc(C#N)c(c8ccc(c3c48)C2=O)c75)C(=O)N(CCc2c3ccccc3c(CCCCCC)c3ccccc23)C6=O)c2ccccc12. The van der Waals surface area contributed by atoms with Crippen LogP contribution in [0.5, 0.6) is 0 Å². The van der Waals surface area contributed by atoms with Gasteiger partial charge in [0.05, 0.1) is 34.4 Å². The van der Waals surface area contributed by atoms with Gasteiger partial charge in [-0.15, -0.1) is 0 Å². The maximum absolute atomic E-state index is 15.0. The molecule has 4 amide bonds. The van der Waals surface area contributed by atoms with Crippen molar-refractivity contribution >= 4 is 110 Å². The Morgan fingerprint density at radius 1 is 0.333 bits per heavy atom. The number of carbonyl (C=O) groups is 4. The Labute approximate surface area is 452 Å². The molecule has 0 N–H and O–H groups in total. The number of fused-ring (bicyclic) bond motifs is 6. The zero-order chi connectivity index (χ0) is 53.3. The van der Waals surface area contributed by atoms with E-state index in [0.717, 1.165) is 71.2 Å². The lowest BCUT2D eigenvalue weighted by Gasteiger charge is -2.31. The van der Waals surface area contributed by atoms with Gasteiger partial charge in [-0.2, -0.15) is 10.5 Å². The summed E-state index contributed by atoms with van der Waals surface area (Å²) in [7, 11) is 0.